The highest BCUT2D eigenvalue weighted by atomic mass is 16.5. The van der Waals surface area contributed by atoms with Crippen LogP contribution in [0.2, 0.25) is 0 Å². The summed E-state index contributed by atoms with van der Waals surface area (Å²) in [5.41, 5.74) is 1.89. The Balaban J connectivity index is 1.23. The molecule has 156 valence electrons. The SMILES string of the molecule is COC(=O)C(c1ccccc1)N1C[C@@H]2C(CCNC(=O)/C=C/c3cccnc3)[C@@H]2C1. The predicted molar refractivity (Wildman–Crippen MR) is 114 cm³/mol. The summed E-state index contributed by atoms with van der Waals surface area (Å²) < 4.78 is 5.06. The Morgan fingerprint density at radius 2 is 1.97 bits per heavy atom. The lowest BCUT2D eigenvalue weighted by atomic mass is 10.0. The summed E-state index contributed by atoms with van der Waals surface area (Å²) in [6.07, 6.45) is 7.72. The molecule has 1 saturated heterocycles. The number of rotatable bonds is 8. The molecule has 1 aliphatic heterocycles. The van der Waals surface area contributed by atoms with E-state index in [-0.39, 0.29) is 17.9 Å². The Bertz CT molecular complexity index is 888. The van der Waals surface area contributed by atoms with Crippen LogP contribution in [0.1, 0.15) is 23.6 Å². The van der Waals surface area contributed by atoms with Crippen molar-refractivity contribution in [1.82, 2.24) is 15.2 Å². The molecule has 1 amide bonds. The van der Waals surface area contributed by atoms with E-state index in [1.54, 1.807) is 24.5 Å². The van der Waals surface area contributed by atoms with Crippen molar-refractivity contribution < 1.29 is 14.3 Å². The molecule has 2 aromatic rings. The second-order valence-corrected chi connectivity index (χ2v) is 7.98. The summed E-state index contributed by atoms with van der Waals surface area (Å²) in [6.45, 7) is 2.48. The van der Waals surface area contributed by atoms with Crippen LogP contribution in [0.4, 0.5) is 0 Å². The fraction of sp³-hybridized carbons (Fsp3) is 0.375. The van der Waals surface area contributed by atoms with Crippen LogP contribution in [0.5, 0.6) is 0 Å². The Morgan fingerprint density at radius 3 is 2.63 bits per heavy atom. The number of carbonyl (C=O) groups excluding carboxylic acids is 2. The third-order valence-electron chi connectivity index (χ3n) is 6.19. The summed E-state index contributed by atoms with van der Waals surface area (Å²) in [7, 11) is 1.45. The van der Waals surface area contributed by atoms with Gasteiger partial charge in [0.1, 0.15) is 6.04 Å². The Labute approximate surface area is 176 Å². The average Bonchev–Trinajstić information content (AvgIpc) is 3.23. The lowest BCUT2D eigenvalue weighted by Gasteiger charge is -2.28. The summed E-state index contributed by atoms with van der Waals surface area (Å²) in [5, 5.41) is 2.97. The molecule has 4 rings (SSSR count). The number of aromatic nitrogens is 1. The van der Waals surface area contributed by atoms with E-state index in [2.05, 4.69) is 15.2 Å². The molecular formula is C24H27N3O3. The molecular weight excluding hydrogens is 378 g/mol. The molecule has 1 saturated carbocycles. The largest absolute Gasteiger partial charge is 0.468 e. The number of methoxy groups -OCH3 is 1. The number of fused-ring (bicyclic) bond motifs is 1. The van der Waals surface area contributed by atoms with Crippen LogP contribution in [-0.2, 0) is 14.3 Å². The van der Waals surface area contributed by atoms with E-state index >= 15 is 0 Å². The van der Waals surface area contributed by atoms with Gasteiger partial charge >= 0.3 is 5.97 Å². The number of hydrogen-bond donors (Lipinski definition) is 1. The lowest BCUT2D eigenvalue weighted by molar-refractivity contribution is -0.147. The van der Waals surface area contributed by atoms with E-state index < -0.39 is 0 Å². The highest BCUT2D eigenvalue weighted by Gasteiger charge is 2.56. The van der Waals surface area contributed by atoms with E-state index in [1.807, 2.05) is 42.5 Å². The van der Waals surface area contributed by atoms with Crippen LogP contribution in [0, 0.1) is 17.8 Å². The van der Waals surface area contributed by atoms with Crippen molar-refractivity contribution in [2.45, 2.75) is 12.5 Å². The zero-order chi connectivity index (χ0) is 20.9. The number of nitrogens with zero attached hydrogens (tertiary/aromatic N) is 2. The maximum Gasteiger partial charge on any atom is 0.327 e. The van der Waals surface area contributed by atoms with Crippen LogP contribution in [0.15, 0.2) is 60.9 Å². The van der Waals surface area contributed by atoms with Crippen molar-refractivity contribution in [3.8, 4) is 0 Å². The first-order valence-corrected chi connectivity index (χ1v) is 10.4. The highest BCUT2D eigenvalue weighted by molar-refractivity contribution is 5.91. The molecule has 1 aromatic carbocycles. The molecule has 6 nitrogen and oxygen atoms in total. The maximum absolute atomic E-state index is 12.4. The van der Waals surface area contributed by atoms with Crippen molar-refractivity contribution in [3.63, 3.8) is 0 Å². The predicted octanol–water partition coefficient (Wildman–Crippen LogP) is 2.69. The van der Waals surface area contributed by atoms with E-state index in [0.717, 1.165) is 30.6 Å². The van der Waals surface area contributed by atoms with Gasteiger partial charge in [-0.3, -0.25) is 14.7 Å². The molecule has 0 bridgehead atoms. The number of benzene rings is 1. The van der Waals surface area contributed by atoms with Crippen molar-refractivity contribution >= 4 is 18.0 Å². The van der Waals surface area contributed by atoms with Gasteiger partial charge < -0.3 is 10.1 Å². The highest BCUT2D eigenvalue weighted by Crippen LogP contribution is 2.55. The third kappa shape index (κ3) is 4.60. The normalized spacial score (nSPS) is 23.7. The van der Waals surface area contributed by atoms with Gasteiger partial charge in [0.15, 0.2) is 0 Å². The van der Waals surface area contributed by atoms with Crippen LogP contribution in [-0.4, -0.2) is 48.5 Å². The molecule has 2 heterocycles. The zero-order valence-electron chi connectivity index (χ0n) is 17.1. The number of amides is 1. The minimum atomic E-state index is -0.332. The number of ether oxygens (including phenoxy) is 1. The quantitative estimate of drug-likeness (QED) is 0.540. The van der Waals surface area contributed by atoms with Crippen LogP contribution in [0.3, 0.4) is 0 Å². The van der Waals surface area contributed by atoms with Gasteiger partial charge in [0.2, 0.25) is 5.91 Å². The third-order valence-corrected chi connectivity index (χ3v) is 6.19. The molecule has 1 aromatic heterocycles. The molecule has 0 spiro atoms. The molecule has 2 unspecified atom stereocenters. The second-order valence-electron chi connectivity index (χ2n) is 7.98. The fourth-order valence-electron chi connectivity index (χ4n) is 4.63. The van der Waals surface area contributed by atoms with Gasteiger partial charge in [-0.1, -0.05) is 36.4 Å². The first-order valence-electron chi connectivity index (χ1n) is 10.4. The second kappa shape index (κ2) is 9.22. The first-order chi connectivity index (χ1) is 14.7. The average molecular weight is 405 g/mol. The number of piperidine rings is 1. The van der Waals surface area contributed by atoms with Gasteiger partial charge in [-0.15, -0.1) is 0 Å². The smallest absolute Gasteiger partial charge is 0.327 e. The topological polar surface area (TPSA) is 71.5 Å². The van der Waals surface area contributed by atoms with Gasteiger partial charge in [-0.25, -0.2) is 4.79 Å². The lowest BCUT2D eigenvalue weighted by Crippen LogP contribution is -2.35. The number of nitrogens with one attached hydrogen (secondary N) is 1. The molecule has 2 aliphatic rings. The number of carbonyl (C=O) groups is 2. The summed E-state index contributed by atoms with van der Waals surface area (Å²) in [4.78, 5) is 30.7. The number of esters is 1. The standard InChI is InChI=1S/C24H27N3O3/c1-30-24(29)23(18-7-3-2-4-8-18)27-15-20-19(21(20)16-27)11-13-26-22(28)10-9-17-6-5-12-25-14-17/h2-10,12,14,19-21,23H,11,13,15-16H2,1H3,(H,26,28)/b10-9+/t19?,20-,21+,23?. The van der Waals surface area contributed by atoms with E-state index in [1.165, 1.54) is 7.11 Å². The minimum Gasteiger partial charge on any atom is -0.468 e. The van der Waals surface area contributed by atoms with Gasteiger partial charge in [0.05, 0.1) is 7.11 Å². The van der Waals surface area contributed by atoms with Crippen LogP contribution in [0.25, 0.3) is 6.08 Å². The zero-order valence-corrected chi connectivity index (χ0v) is 17.1. The maximum atomic E-state index is 12.4. The van der Waals surface area contributed by atoms with E-state index in [0.29, 0.717) is 24.3 Å². The molecule has 4 atom stereocenters. The Kier molecular flexibility index (Phi) is 6.23. The van der Waals surface area contributed by atoms with Crippen molar-refractivity contribution in [1.29, 1.82) is 0 Å². The number of hydrogen-bond acceptors (Lipinski definition) is 5. The van der Waals surface area contributed by atoms with E-state index in [9.17, 15) is 9.59 Å². The van der Waals surface area contributed by atoms with Crippen molar-refractivity contribution in [2.24, 2.45) is 17.8 Å². The summed E-state index contributed by atoms with van der Waals surface area (Å²) in [5.74, 6) is 1.54. The monoisotopic (exact) mass is 405 g/mol. The summed E-state index contributed by atoms with van der Waals surface area (Å²) >= 11 is 0. The van der Waals surface area contributed by atoms with Crippen LogP contribution < -0.4 is 5.32 Å². The van der Waals surface area contributed by atoms with E-state index in [4.69, 9.17) is 4.74 Å². The fourth-order valence-corrected chi connectivity index (χ4v) is 4.63. The molecule has 1 aliphatic carbocycles. The molecule has 30 heavy (non-hydrogen) atoms. The Morgan fingerprint density at radius 1 is 1.20 bits per heavy atom. The number of likely N-dealkylation sites (tertiary alicyclic amines) is 1. The molecule has 2 fully saturated rings. The van der Waals surface area contributed by atoms with Crippen molar-refractivity contribution in [2.75, 3.05) is 26.7 Å². The first kappa shape index (κ1) is 20.3. The van der Waals surface area contributed by atoms with Gasteiger partial charge in [-0.2, -0.15) is 0 Å². The van der Waals surface area contributed by atoms with Crippen LogP contribution >= 0.6 is 0 Å². The van der Waals surface area contributed by atoms with Gasteiger partial charge in [0.25, 0.3) is 0 Å². The molecule has 0 radical (unpaired) electrons. The summed E-state index contributed by atoms with van der Waals surface area (Å²) in [6, 6.07) is 13.2. The van der Waals surface area contributed by atoms with Crippen molar-refractivity contribution in [3.05, 3.63) is 72.1 Å². The Hall–Kier alpha value is -2.99. The van der Waals surface area contributed by atoms with Gasteiger partial charge in [-0.05, 0) is 47.4 Å². The van der Waals surface area contributed by atoms with Gasteiger partial charge in [0, 0.05) is 38.1 Å². The molecule has 1 N–H and O–H groups in total. The number of pyridine rings is 1. The molecule has 6 heteroatoms. The minimum absolute atomic E-state index is 0.0823.